The number of hydrogen-bond acceptors (Lipinski definition) is 3. The predicted molar refractivity (Wildman–Crippen MR) is 107 cm³/mol. The minimum Gasteiger partial charge on any atom is -0.472 e. The number of furan rings is 1. The van der Waals surface area contributed by atoms with Gasteiger partial charge in [0.1, 0.15) is 0 Å². The van der Waals surface area contributed by atoms with Gasteiger partial charge in [0.25, 0.3) is 0 Å². The van der Waals surface area contributed by atoms with Crippen LogP contribution in [0.3, 0.4) is 0 Å². The summed E-state index contributed by atoms with van der Waals surface area (Å²) in [7, 11) is 0. The molecule has 1 heterocycles. The van der Waals surface area contributed by atoms with E-state index in [2.05, 4.69) is 19.9 Å². The van der Waals surface area contributed by atoms with Gasteiger partial charge in [-0.3, -0.25) is 0 Å². The second kappa shape index (κ2) is 5.80. The molecule has 0 aliphatic heterocycles. The maximum Gasteiger partial charge on any atom is 0.0937 e. The molecule has 144 valence electrons. The molecule has 8 atom stereocenters. The molecule has 3 heteroatoms. The van der Waals surface area contributed by atoms with Crippen LogP contribution < -0.4 is 0 Å². The Hall–Kier alpha value is -0.410. The lowest BCUT2D eigenvalue weighted by Crippen LogP contribution is -2.61. The summed E-state index contributed by atoms with van der Waals surface area (Å²) >= 11 is 4.81. The van der Waals surface area contributed by atoms with Gasteiger partial charge in [0.15, 0.2) is 0 Å². The van der Waals surface area contributed by atoms with Gasteiger partial charge in [0.2, 0.25) is 0 Å². The highest BCUT2D eigenvalue weighted by Crippen LogP contribution is 2.70. The second-order valence-electron chi connectivity index (χ2n) is 10.4. The zero-order chi connectivity index (χ0) is 18.2. The molecule has 4 saturated carbocycles. The summed E-state index contributed by atoms with van der Waals surface area (Å²) in [5.74, 6) is 2.45. The van der Waals surface area contributed by atoms with Crippen molar-refractivity contribution >= 4 is 12.6 Å². The molecule has 0 bridgehead atoms. The molecule has 0 spiro atoms. The maximum atomic E-state index is 12.1. The molecule has 3 unspecified atom stereocenters. The highest BCUT2D eigenvalue weighted by atomic mass is 32.1. The number of thiol groups is 1. The van der Waals surface area contributed by atoms with Crippen LogP contribution in [0.2, 0.25) is 0 Å². The van der Waals surface area contributed by atoms with Crippen LogP contribution in [0, 0.1) is 28.6 Å². The zero-order valence-electron chi connectivity index (χ0n) is 16.3. The fourth-order valence-electron chi connectivity index (χ4n) is 8.21. The first-order valence-corrected chi connectivity index (χ1v) is 11.3. The van der Waals surface area contributed by atoms with Crippen molar-refractivity contribution in [2.75, 3.05) is 0 Å². The van der Waals surface area contributed by atoms with Crippen molar-refractivity contribution in [3.05, 3.63) is 24.2 Å². The average molecular weight is 375 g/mol. The molecular weight excluding hydrogens is 340 g/mol. The third-order valence-corrected chi connectivity index (χ3v) is 10.2. The molecule has 0 aromatic carbocycles. The first-order valence-electron chi connectivity index (χ1n) is 10.8. The van der Waals surface area contributed by atoms with Crippen molar-refractivity contribution in [2.24, 2.45) is 28.6 Å². The quantitative estimate of drug-likeness (QED) is 0.607. The lowest BCUT2D eigenvalue weighted by atomic mass is 9.43. The van der Waals surface area contributed by atoms with Gasteiger partial charge in [-0.1, -0.05) is 13.8 Å². The third-order valence-electron chi connectivity index (χ3n) is 9.77. The van der Waals surface area contributed by atoms with E-state index in [9.17, 15) is 5.11 Å². The first kappa shape index (κ1) is 17.7. The molecule has 0 saturated heterocycles. The highest BCUT2D eigenvalue weighted by molar-refractivity contribution is 7.80. The standard InChI is InChI=1S/C23H34O2S/c1-21-9-5-17(26)13-16(21)3-4-20-19(21)6-10-22(2)18(7-11-23(20,22)24)15-8-12-25-14-15/h8,12,14,16-20,24,26H,3-7,9-11,13H2,1-2H3/t16?,17?,18?,19-,20-,21+,22-,23-/m1/s1. The van der Waals surface area contributed by atoms with Gasteiger partial charge in [0, 0.05) is 10.7 Å². The molecule has 4 aliphatic carbocycles. The van der Waals surface area contributed by atoms with E-state index in [0.29, 0.717) is 28.4 Å². The first-order chi connectivity index (χ1) is 12.4. The van der Waals surface area contributed by atoms with E-state index in [0.717, 1.165) is 25.2 Å². The van der Waals surface area contributed by atoms with Gasteiger partial charge < -0.3 is 9.52 Å². The van der Waals surface area contributed by atoms with E-state index in [1.165, 1.54) is 44.1 Å². The molecular formula is C23H34O2S. The minimum atomic E-state index is -0.496. The molecule has 1 N–H and O–H groups in total. The topological polar surface area (TPSA) is 33.4 Å². The predicted octanol–water partition coefficient (Wildman–Crippen LogP) is 5.82. The highest BCUT2D eigenvalue weighted by Gasteiger charge is 2.67. The van der Waals surface area contributed by atoms with Crippen molar-refractivity contribution in [1.29, 1.82) is 0 Å². The van der Waals surface area contributed by atoms with Crippen molar-refractivity contribution in [2.45, 2.75) is 88.4 Å². The fourth-order valence-corrected chi connectivity index (χ4v) is 8.59. The van der Waals surface area contributed by atoms with Gasteiger partial charge in [-0.2, -0.15) is 12.6 Å². The SMILES string of the molecule is C[C@]12CCC(S)CC1CC[C@@H]1[C@H]2CC[C@]2(C)C(c3ccoc3)CC[C@@]12O. The summed E-state index contributed by atoms with van der Waals surface area (Å²) in [6.07, 6.45) is 14.6. The normalized spacial score (nSPS) is 53.6. The summed E-state index contributed by atoms with van der Waals surface area (Å²) in [6.45, 7) is 4.94. The van der Waals surface area contributed by atoms with Gasteiger partial charge in [-0.25, -0.2) is 0 Å². The van der Waals surface area contributed by atoms with E-state index < -0.39 is 5.60 Å². The van der Waals surface area contributed by atoms with E-state index in [-0.39, 0.29) is 5.41 Å². The molecule has 1 aromatic rings. The van der Waals surface area contributed by atoms with Crippen LogP contribution in [-0.4, -0.2) is 16.0 Å². The molecule has 4 fully saturated rings. The largest absolute Gasteiger partial charge is 0.472 e. The Bertz CT molecular complexity index is 672. The molecule has 2 nitrogen and oxygen atoms in total. The van der Waals surface area contributed by atoms with E-state index in [4.69, 9.17) is 17.0 Å². The molecule has 26 heavy (non-hydrogen) atoms. The smallest absolute Gasteiger partial charge is 0.0937 e. The van der Waals surface area contributed by atoms with Crippen molar-refractivity contribution in [3.8, 4) is 0 Å². The van der Waals surface area contributed by atoms with Crippen LogP contribution in [0.5, 0.6) is 0 Å². The molecule has 1 aromatic heterocycles. The van der Waals surface area contributed by atoms with Gasteiger partial charge >= 0.3 is 0 Å². The number of hydrogen-bond donors (Lipinski definition) is 2. The Labute approximate surface area is 163 Å². The second-order valence-corrected chi connectivity index (χ2v) is 11.2. The third kappa shape index (κ3) is 2.16. The Kier molecular flexibility index (Phi) is 3.94. The Morgan fingerprint density at radius 2 is 1.88 bits per heavy atom. The van der Waals surface area contributed by atoms with Crippen LogP contribution in [0.1, 0.15) is 83.1 Å². The maximum absolute atomic E-state index is 12.1. The summed E-state index contributed by atoms with van der Waals surface area (Å²) in [4.78, 5) is 0. The summed E-state index contributed by atoms with van der Waals surface area (Å²) in [5.41, 5.74) is 1.23. The Balaban J connectivity index is 1.49. The molecule has 0 radical (unpaired) electrons. The van der Waals surface area contributed by atoms with Crippen LogP contribution in [0.25, 0.3) is 0 Å². The van der Waals surface area contributed by atoms with E-state index >= 15 is 0 Å². The fraction of sp³-hybridized carbons (Fsp3) is 0.826. The number of fused-ring (bicyclic) bond motifs is 5. The van der Waals surface area contributed by atoms with Gasteiger partial charge in [-0.15, -0.1) is 0 Å². The number of aliphatic hydroxyl groups is 1. The van der Waals surface area contributed by atoms with E-state index in [1.807, 2.05) is 6.26 Å². The van der Waals surface area contributed by atoms with Crippen molar-refractivity contribution in [3.63, 3.8) is 0 Å². The van der Waals surface area contributed by atoms with Crippen LogP contribution in [-0.2, 0) is 0 Å². The summed E-state index contributed by atoms with van der Waals surface area (Å²) in [5, 5.41) is 12.7. The summed E-state index contributed by atoms with van der Waals surface area (Å²) < 4.78 is 5.40. The van der Waals surface area contributed by atoms with E-state index in [1.54, 1.807) is 6.26 Å². The lowest BCUT2D eigenvalue weighted by Gasteiger charge is -2.63. The van der Waals surface area contributed by atoms with Crippen LogP contribution in [0.4, 0.5) is 0 Å². The summed E-state index contributed by atoms with van der Waals surface area (Å²) in [6, 6.07) is 2.12. The molecule has 4 aliphatic rings. The van der Waals surface area contributed by atoms with Crippen LogP contribution >= 0.6 is 12.6 Å². The Morgan fingerprint density at radius 3 is 2.65 bits per heavy atom. The zero-order valence-corrected chi connectivity index (χ0v) is 17.2. The molecule has 5 rings (SSSR count). The van der Waals surface area contributed by atoms with Crippen LogP contribution in [0.15, 0.2) is 23.0 Å². The Morgan fingerprint density at radius 1 is 1.04 bits per heavy atom. The van der Waals surface area contributed by atoms with Crippen molar-refractivity contribution in [1.82, 2.24) is 0 Å². The molecule has 0 amide bonds. The number of rotatable bonds is 1. The lowest BCUT2D eigenvalue weighted by molar-refractivity contribution is -0.200. The monoisotopic (exact) mass is 374 g/mol. The minimum absolute atomic E-state index is 0.00197. The van der Waals surface area contributed by atoms with Crippen molar-refractivity contribution < 1.29 is 9.52 Å². The van der Waals surface area contributed by atoms with Gasteiger partial charge in [-0.05, 0) is 98.5 Å². The average Bonchev–Trinajstić information content (AvgIpc) is 3.21. The van der Waals surface area contributed by atoms with Gasteiger partial charge in [0.05, 0.1) is 18.1 Å².